The number of nitrogen functional groups attached to an aromatic ring is 1. The van der Waals surface area contributed by atoms with Crippen molar-refractivity contribution in [2.75, 3.05) is 64.9 Å². The smallest absolute Gasteiger partial charge is 0.274 e. The molecule has 1 aliphatic heterocycles. The van der Waals surface area contributed by atoms with Crippen LogP contribution in [0.5, 0.6) is 0 Å². The molecule has 0 radical (unpaired) electrons. The molecule has 3 aromatic rings. The third kappa shape index (κ3) is 8.22. The maximum atomic E-state index is 13.3. The van der Waals surface area contributed by atoms with E-state index in [0.29, 0.717) is 48.7 Å². The van der Waals surface area contributed by atoms with Gasteiger partial charge >= 0.3 is 0 Å². The number of fused-ring (bicyclic) bond motifs is 1. The number of amides is 3. The summed E-state index contributed by atoms with van der Waals surface area (Å²) in [6, 6.07) is 3.65. The van der Waals surface area contributed by atoms with Crippen molar-refractivity contribution < 1.29 is 14.4 Å². The van der Waals surface area contributed by atoms with Crippen molar-refractivity contribution in [3.63, 3.8) is 0 Å². The predicted molar refractivity (Wildman–Crippen MR) is 176 cm³/mol. The highest BCUT2D eigenvalue weighted by molar-refractivity contribution is 6.13. The van der Waals surface area contributed by atoms with Gasteiger partial charge in [0.15, 0.2) is 5.65 Å². The number of rotatable bonds is 12. The van der Waals surface area contributed by atoms with Gasteiger partial charge in [-0.2, -0.15) is 5.10 Å². The standard InChI is InChI=1S/C32H46N10O3/c1-20-21(2)24(13-12-22(20)18-26(44)40(3)4)35-32(45)28-27-29(34)36-30(37-31(27)39-38-28)23-10-8-17-42(19-23)25(43)11-9-16-41(5)15-7-6-14-33/h9,11-13,23H,6-8,10,14-19,33H2,1-5H3,(H,35,45)(H3,34,36,37,38,39)/b11-9+/t23-/m1/s1. The highest BCUT2D eigenvalue weighted by Gasteiger charge is 2.28. The fourth-order valence-electron chi connectivity index (χ4n) is 5.47. The normalized spacial score (nSPS) is 15.3. The highest BCUT2D eigenvalue weighted by Crippen LogP contribution is 2.29. The van der Waals surface area contributed by atoms with E-state index in [4.69, 9.17) is 11.5 Å². The molecule has 242 valence electrons. The molecule has 45 heavy (non-hydrogen) atoms. The van der Waals surface area contributed by atoms with Crippen molar-refractivity contribution in [3.8, 4) is 0 Å². The Labute approximate surface area is 264 Å². The van der Waals surface area contributed by atoms with Crippen LogP contribution in [-0.2, 0) is 16.0 Å². The first-order chi connectivity index (χ1) is 21.5. The molecule has 1 aromatic carbocycles. The summed E-state index contributed by atoms with van der Waals surface area (Å²) in [5.74, 6) is 0.108. The fraction of sp³-hybridized carbons (Fsp3) is 0.500. The van der Waals surface area contributed by atoms with Gasteiger partial charge in [0.2, 0.25) is 11.8 Å². The molecule has 4 rings (SSSR count). The molecule has 3 amide bonds. The van der Waals surface area contributed by atoms with E-state index < -0.39 is 5.91 Å². The number of carbonyl (C=O) groups excluding carboxylic acids is 3. The maximum Gasteiger partial charge on any atom is 0.274 e. The van der Waals surface area contributed by atoms with Gasteiger partial charge < -0.3 is 31.5 Å². The first-order valence-electron chi connectivity index (χ1n) is 15.5. The largest absolute Gasteiger partial charge is 0.383 e. The summed E-state index contributed by atoms with van der Waals surface area (Å²) in [7, 11) is 5.48. The third-order valence-corrected chi connectivity index (χ3v) is 8.44. The van der Waals surface area contributed by atoms with Gasteiger partial charge in [0.25, 0.3) is 5.91 Å². The lowest BCUT2D eigenvalue weighted by Crippen LogP contribution is -2.38. The van der Waals surface area contributed by atoms with Crippen LogP contribution in [0.2, 0.25) is 0 Å². The summed E-state index contributed by atoms with van der Waals surface area (Å²) < 4.78 is 0. The SMILES string of the molecule is Cc1c(CC(=O)N(C)C)ccc(NC(=O)c2[nH]nc3nc([C@@H]4CCCN(C(=O)/C=C/CN(C)CCCCN)C4)nc(N)c23)c1C. The Bertz CT molecular complexity index is 1560. The predicted octanol–water partition coefficient (Wildman–Crippen LogP) is 2.37. The summed E-state index contributed by atoms with van der Waals surface area (Å²) in [5, 5.41) is 10.3. The van der Waals surface area contributed by atoms with Gasteiger partial charge in [0.05, 0.1) is 11.8 Å². The van der Waals surface area contributed by atoms with Crippen molar-refractivity contribution in [2.24, 2.45) is 5.73 Å². The summed E-state index contributed by atoms with van der Waals surface area (Å²) in [5.41, 5.74) is 15.7. The van der Waals surface area contributed by atoms with Gasteiger partial charge in [-0.15, -0.1) is 0 Å². The number of anilines is 2. The Kier molecular flexibility index (Phi) is 11.2. The molecule has 13 nitrogen and oxygen atoms in total. The second-order valence-corrected chi connectivity index (χ2v) is 12.0. The number of nitrogens with one attached hydrogen (secondary N) is 2. The lowest BCUT2D eigenvalue weighted by atomic mass is 9.97. The van der Waals surface area contributed by atoms with Crippen LogP contribution in [0.1, 0.15) is 64.6 Å². The number of aromatic amines is 1. The van der Waals surface area contributed by atoms with Crippen LogP contribution in [0.15, 0.2) is 24.3 Å². The fourth-order valence-corrected chi connectivity index (χ4v) is 5.47. The van der Waals surface area contributed by atoms with Gasteiger partial charge in [-0.1, -0.05) is 12.1 Å². The molecular weight excluding hydrogens is 572 g/mol. The molecule has 1 fully saturated rings. The zero-order chi connectivity index (χ0) is 32.7. The number of nitrogens with zero attached hydrogens (tertiary/aromatic N) is 6. The van der Waals surface area contributed by atoms with Crippen LogP contribution >= 0.6 is 0 Å². The quantitative estimate of drug-likeness (QED) is 0.175. The van der Waals surface area contributed by atoms with Crippen molar-refractivity contribution in [1.29, 1.82) is 0 Å². The molecular formula is C32H46N10O3. The van der Waals surface area contributed by atoms with Crippen LogP contribution in [0.3, 0.4) is 0 Å². The van der Waals surface area contributed by atoms with Gasteiger partial charge in [-0.3, -0.25) is 19.5 Å². The van der Waals surface area contributed by atoms with Crippen molar-refractivity contribution in [1.82, 2.24) is 34.9 Å². The van der Waals surface area contributed by atoms with Crippen molar-refractivity contribution in [2.45, 2.75) is 51.9 Å². The third-order valence-electron chi connectivity index (χ3n) is 8.44. The van der Waals surface area contributed by atoms with Crippen LogP contribution in [-0.4, -0.2) is 106 Å². The lowest BCUT2D eigenvalue weighted by molar-refractivity contribution is -0.128. The van der Waals surface area contributed by atoms with E-state index in [2.05, 4.69) is 30.4 Å². The number of likely N-dealkylation sites (N-methyl/N-ethyl adjacent to an activating group) is 2. The number of piperidine rings is 1. The van der Waals surface area contributed by atoms with Crippen molar-refractivity contribution in [3.05, 3.63) is 52.5 Å². The molecule has 0 aliphatic carbocycles. The number of nitrogens with two attached hydrogens (primary N) is 2. The van der Waals surface area contributed by atoms with Crippen LogP contribution < -0.4 is 16.8 Å². The Balaban J connectivity index is 1.43. The number of benzene rings is 1. The highest BCUT2D eigenvalue weighted by atomic mass is 16.2. The lowest BCUT2D eigenvalue weighted by Gasteiger charge is -2.31. The number of hydrogen-bond acceptors (Lipinski definition) is 9. The summed E-state index contributed by atoms with van der Waals surface area (Å²) >= 11 is 0. The van der Waals surface area contributed by atoms with Gasteiger partial charge in [-0.25, -0.2) is 9.97 Å². The molecule has 3 heterocycles. The van der Waals surface area contributed by atoms with E-state index in [1.54, 1.807) is 31.1 Å². The zero-order valence-electron chi connectivity index (χ0n) is 27.0. The minimum absolute atomic E-state index is 0.00534. The first-order valence-corrected chi connectivity index (χ1v) is 15.5. The minimum Gasteiger partial charge on any atom is -0.383 e. The second-order valence-electron chi connectivity index (χ2n) is 12.0. The number of hydrogen-bond donors (Lipinski definition) is 4. The van der Waals surface area contributed by atoms with Gasteiger partial charge in [0, 0.05) is 51.4 Å². The second kappa shape index (κ2) is 15.1. The molecule has 6 N–H and O–H groups in total. The Morgan fingerprint density at radius 3 is 2.64 bits per heavy atom. The monoisotopic (exact) mass is 618 g/mol. The Morgan fingerprint density at radius 2 is 1.91 bits per heavy atom. The zero-order valence-corrected chi connectivity index (χ0v) is 27.0. The van der Waals surface area contributed by atoms with E-state index in [-0.39, 0.29) is 35.7 Å². The molecule has 1 aliphatic rings. The number of likely N-dealkylation sites (tertiary alicyclic amines) is 1. The van der Waals surface area contributed by atoms with E-state index in [1.807, 2.05) is 37.9 Å². The molecule has 0 unspecified atom stereocenters. The Hall–Kier alpha value is -4.36. The topological polar surface area (TPSA) is 179 Å². The Morgan fingerprint density at radius 1 is 1.13 bits per heavy atom. The number of aromatic nitrogens is 4. The van der Waals surface area contributed by atoms with E-state index in [1.165, 1.54) is 0 Å². The average Bonchev–Trinajstić information content (AvgIpc) is 3.46. The van der Waals surface area contributed by atoms with Crippen LogP contribution in [0, 0.1) is 13.8 Å². The summed E-state index contributed by atoms with van der Waals surface area (Å²) in [4.78, 5) is 53.2. The average molecular weight is 619 g/mol. The number of H-pyrrole nitrogens is 1. The van der Waals surface area contributed by atoms with Crippen LogP contribution in [0.25, 0.3) is 11.0 Å². The summed E-state index contributed by atoms with van der Waals surface area (Å²) in [6.07, 6.45) is 7.48. The summed E-state index contributed by atoms with van der Waals surface area (Å²) in [6.45, 7) is 7.31. The van der Waals surface area contributed by atoms with Gasteiger partial charge in [0.1, 0.15) is 17.3 Å². The molecule has 0 spiro atoms. The van der Waals surface area contributed by atoms with E-state index >= 15 is 0 Å². The van der Waals surface area contributed by atoms with Gasteiger partial charge in [-0.05, 0) is 82.4 Å². The van der Waals surface area contributed by atoms with Crippen molar-refractivity contribution >= 4 is 40.3 Å². The van der Waals surface area contributed by atoms with Crippen LogP contribution in [0.4, 0.5) is 11.5 Å². The molecule has 1 atom stereocenters. The molecule has 2 aromatic heterocycles. The molecule has 1 saturated heterocycles. The van der Waals surface area contributed by atoms with E-state index in [0.717, 1.165) is 48.9 Å². The van der Waals surface area contributed by atoms with E-state index in [9.17, 15) is 14.4 Å². The molecule has 0 saturated carbocycles. The molecule has 0 bridgehead atoms. The number of carbonyl (C=O) groups is 3. The number of unbranched alkanes of at least 4 members (excludes halogenated alkanes) is 1. The maximum absolute atomic E-state index is 13.3. The molecule has 13 heteroatoms. The first kappa shape index (κ1) is 33.5. The minimum atomic E-state index is -0.425.